The highest BCUT2D eigenvalue weighted by Gasteiger charge is 2.54. The molecule has 152 valence electrons. The van der Waals surface area contributed by atoms with E-state index in [0.717, 1.165) is 22.3 Å². The standard InChI is InChI=1S/C25H21N5O/c26-15-19-5-1-17(2-6-19)13-21-23(31)22(14-18-3-7-20(16-27)8-4-18)25(21)9-11-30(12-10-25)24(28)29/h1-8,13-14H,9-12H2,(H3,28,29)/b21-13-,22-14-. The summed E-state index contributed by atoms with van der Waals surface area (Å²) in [7, 11) is 0. The van der Waals surface area contributed by atoms with Gasteiger partial charge in [-0.2, -0.15) is 10.5 Å². The maximum atomic E-state index is 13.2. The molecule has 1 saturated carbocycles. The number of rotatable bonds is 2. The Hall–Kier alpha value is -4.16. The van der Waals surface area contributed by atoms with Crippen LogP contribution in [0.1, 0.15) is 35.1 Å². The summed E-state index contributed by atoms with van der Waals surface area (Å²) in [6.45, 7) is 1.22. The molecule has 0 amide bonds. The van der Waals surface area contributed by atoms with Crippen LogP contribution in [0.15, 0.2) is 59.7 Å². The fraction of sp³-hybridized carbons (Fsp3) is 0.200. The van der Waals surface area contributed by atoms with Crippen molar-refractivity contribution in [3.63, 3.8) is 0 Å². The Morgan fingerprint density at radius 1 is 0.903 bits per heavy atom. The largest absolute Gasteiger partial charge is 0.370 e. The molecule has 2 aromatic carbocycles. The highest BCUT2D eigenvalue weighted by atomic mass is 16.1. The van der Waals surface area contributed by atoms with Gasteiger partial charge in [-0.3, -0.25) is 10.2 Å². The van der Waals surface area contributed by atoms with Gasteiger partial charge < -0.3 is 10.6 Å². The first-order chi connectivity index (χ1) is 15.0. The van der Waals surface area contributed by atoms with Gasteiger partial charge in [0, 0.05) is 29.7 Å². The molecule has 1 aliphatic heterocycles. The third kappa shape index (κ3) is 3.60. The molecule has 2 fully saturated rings. The van der Waals surface area contributed by atoms with Gasteiger partial charge in [-0.05, 0) is 60.4 Å². The topological polar surface area (TPSA) is 118 Å². The first-order valence-electron chi connectivity index (χ1n) is 10.1. The number of carbonyl (C=O) groups is 1. The van der Waals surface area contributed by atoms with Crippen molar-refractivity contribution >= 4 is 23.9 Å². The monoisotopic (exact) mass is 407 g/mol. The number of likely N-dealkylation sites (tertiary alicyclic amines) is 1. The fourth-order valence-corrected chi connectivity index (χ4v) is 4.38. The van der Waals surface area contributed by atoms with Crippen molar-refractivity contribution in [1.82, 2.24) is 4.90 Å². The summed E-state index contributed by atoms with van der Waals surface area (Å²) < 4.78 is 0. The Morgan fingerprint density at radius 3 is 1.68 bits per heavy atom. The molecule has 2 aliphatic rings. The van der Waals surface area contributed by atoms with Crippen molar-refractivity contribution < 1.29 is 4.79 Å². The van der Waals surface area contributed by atoms with E-state index >= 15 is 0 Å². The van der Waals surface area contributed by atoms with Crippen molar-refractivity contribution in [2.75, 3.05) is 13.1 Å². The summed E-state index contributed by atoms with van der Waals surface area (Å²) in [5.41, 5.74) is 9.74. The smallest absolute Gasteiger partial charge is 0.188 e. The molecule has 3 N–H and O–H groups in total. The molecule has 6 heteroatoms. The minimum absolute atomic E-state index is 0.0185. The molecule has 2 aromatic rings. The third-order valence-corrected chi connectivity index (χ3v) is 6.18. The number of Topliss-reactive ketones (excluding diaryl/α,β-unsaturated/α-hetero) is 1. The van der Waals surface area contributed by atoms with Gasteiger partial charge in [-0.1, -0.05) is 24.3 Å². The predicted molar refractivity (Wildman–Crippen MR) is 118 cm³/mol. The van der Waals surface area contributed by atoms with Crippen LogP contribution in [0, 0.1) is 33.5 Å². The molecular formula is C25H21N5O. The number of hydrogen-bond donors (Lipinski definition) is 2. The van der Waals surface area contributed by atoms with Gasteiger partial charge in [0.15, 0.2) is 11.7 Å². The number of piperidine rings is 1. The van der Waals surface area contributed by atoms with E-state index in [1.54, 1.807) is 24.3 Å². The number of ketones is 1. The van der Waals surface area contributed by atoms with E-state index in [2.05, 4.69) is 12.1 Å². The fourth-order valence-electron chi connectivity index (χ4n) is 4.38. The van der Waals surface area contributed by atoms with Crippen LogP contribution in [0.3, 0.4) is 0 Å². The van der Waals surface area contributed by atoms with E-state index < -0.39 is 0 Å². The molecule has 4 rings (SSSR count). The van der Waals surface area contributed by atoms with Crippen molar-refractivity contribution in [3.05, 3.63) is 81.9 Å². The molecule has 31 heavy (non-hydrogen) atoms. The SMILES string of the molecule is N#Cc1ccc(/C=C2/C(=O)/C(=C/c3ccc(C#N)cc3)C23CCN(C(=N)N)CC3)cc1. The quantitative estimate of drug-likeness (QED) is 0.449. The van der Waals surface area contributed by atoms with E-state index in [1.165, 1.54) is 0 Å². The lowest BCUT2D eigenvalue weighted by Crippen LogP contribution is -2.53. The predicted octanol–water partition coefficient (Wildman–Crippen LogP) is 3.46. The summed E-state index contributed by atoms with van der Waals surface area (Å²) in [5.74, 6) is 0.0701. The molecular weight excluding hydrogens is 386 g/mol. The number of nitriles is 2. The lowest BCUT2D eigenvalue weighted by molar-refractivity contribution is -0.118. The number of nitrogens with two attached hydrogens (primary N) is 1. The summed E-state index contributed by atoms with van der Waals surface area (Å²) in [4.78, 5) is 15.0. The van der Waals surface area contributed by atoms with E-state index in [-0.39, 0.29) is 17.2 Å². The number of allylic oxidation sites excluding steroid dienone is 2. The number of benzene rings is 2. The Kier molecular flexibility index (Phi) is 5.15. The minimum Gasteiger partial charge on any atom is -0.370 e. The third-order valence-electron chi connectivity index (χ3n) is 6.18. The number of nitrogens with zero attached hydrogens (tertiary/aromatic N) is 3. The molecule has 0 unspecified atom stereocenters. The lowest BCUT2D eigenvalue weighted by atomic mass is 9.54. The number of guanidine groups is 1. The molecule has 0 atom stereocenters. The van der Waals surface area contributed by atoms with Gasteiger partial charge >= 0.3 is 0 Å². The Balaban J connectivity index is 1.71. The number of nitrogens with one attached hydrogen (secondary N) is 1. The summed E-state index contributed by atoms with van der Waals surface area (Å²) in [6.07, 6.45) is 5.23. The van der Waals surface area contributed by atoms with Gasteiger partial charge in [-0.25, -0.2) is 0 Å². The Morgan fingerprint density at radius 2 is 1.32 bits per heavy atom. The van der Waals surface area contributed by atoms with Crippen LogP contribution >= 0.6 is 0 Å². The van der Waals surface area contributed by atoms with Crippen LogP contribution in [0.2, 0.25) is 0 Å². The zero-order valence-corrected chi connectivity index (χ0v) is 16.9. The van der Waals surface area contributed by atoms with Crippen LogP contribution in [0.4, 0.5) is 0 Å². The molecule has 1 saturated heterocycles. The lowest BCUT2D eigenvalue weighted by Gasteiger charge is -2.50. The molecule has 1 spiro atoms. The Bertz CT molecular complexity index is 1100. The van der Waals surface area contributed by atoms with E-state index in [9.17, 15) is 4.79 Å². The van der Waals surface area contributed by atoms with Crippen molar-refractivity contribution in [3.8, 4) is 12.1 Å². The van der Waals surface area contributed by atoms with Crippen LogP contribution in [-0.2, 0) is 4.79 Å². The maximum Gasteiger partial charge on any atom is 0.188 e. The highest BCUT2D eigenvalue weighted by molar-refractivity contribution is 6.23. The maximum absolute atomic E-state index is 13.2. The molecule has 1 aliphatic carbocycles. The van der Waals surface area contributed by atoms with Crippen molar-refractivity contribution in [2.45, 2.75) is 12.8 Å². The van der Waals surface area contributed by atoms with Crippen LogP contribution in [0.25, 0.3) is 12.2 Å². The normalized spacial score (nSPS) is 19.7. The van der Waals surface area contributed by atoms with Gasteiger partial charge in [0.1, 0.15) is 0 Å². The molecule has 0 aromatic heterocycles. The summed E-state index contributed by atoms with van der Waals surface area (Å²) >= 11 is 0. The second kappa shape index (κ2) is 7.93. The minimum atomic E-state index is -0.384. The Labute approximate surface area is 181 Å². The average Bonchev–Trinajstić information content (AvgIpc) is 2.81. The van der Waals surface area contributed by atoms with Crippen molar-refractivity contribution in [2.24, 2.45) is 11.1 Å². The van der Waals surface area contributed by atoms with Gasteiger partial charge in [0.25, 0.3) is 0 Å². The summed E-state index contributed by atoms with van der Waals surface area (Å²) in [6, 6.07) is 18.6. The molecule has 6 nitrogen and oxygen atoms in total. The van der Waals surface area contributed by atoms with E-state index in [1.807, 2.05) is 41.3 Å². The second-order valence-corrected chi connectivity index (χ2v) is 7.87. The van der Waals surface area contributed by atoms with Gasteiger partial charge in [-0.15, -0.1) is 0 Å². The molecule has 0 bridgehead atoms. The average molecular weight is 407 g/mol. The second-order valence-electron chi connectivity index (χ2n) is 7.87. The van der Waals surface area contributed by atoms with Gasteiger partial charge in [0.05, 0.1) is 23.3 Å². The first kappa shape index (κ1) is 20.1. The molecule has 0 radical (unpaired) electrons. The zero-order chi connectivity index (χ0) is 22.0. The number of carbonyl (C=O) groups excluding carboxylic acids is 1. The summed E-state index contributed by atoms with van der Waals surface area (Å²) in [5, 5.41) is 25.7. The first-order valence-corrected chi connectivity index (χ1v) is 10.1. The van der Waals surface area contributed by atoms with E-state index in [0.29, 0.717) is 37.1 Å². The van der Waals surface area contributed by atoms with Crippen LogP contribution < -0.4 is 5.73 Å². The number of hydrogen-bond acceptors (Lipinski definition) is 4. The molecule has 1 heterocycles. The van der Waals surface area contributed by atoms with Crippen LogP contribution in [0.5, 0.6) is 0 Å². The van der Waals surface area contributed by atoms with E-state index in [4.69, 9.17) is 21.7 Å². The van der Waals surface area contributed by atoms with Gasteiger partial charge in [0.2, 0.25) is 0 Å². The highest BCUT2D eigenvalue weighted by Crippen LogP contribution is 2.56. The zero-order valence-electron chi connectivity index (χ0n) is 16.9. The van der Waals surface area contributed by atoms with Crippen molar-refractivity contribution in [1.29, 1.82) is 15.9 Å². The van der Waals surface area contributed by atoms with Crippen LogP contribution in [-0.4, -0.2) is 29.7 Å².